The zero-order valence-corrected chi connectivity index (χ0v) is 19.9. The molecule has 0 radical (unpaired) electrons. The minimum atomic E-state index is 0.172. The fourth-order valence-electron chi connectivity index (χ4n) is 4.05. The average molecular weight is 447 g/mol. The van der Waals surface area contributed by atoms with E-state index in [4.69, 9.17) is 14.2 Å². The van der Waals surface area contributed by atoms with Gasteiger partial charge in [0.25, 0.3) is 0 Å². The Morgan fingerprint density at radius 2 is 1.09 bits per heavy atom. The number of anilines is 1. The van der Waals surface area contributed by atoms with Gasteiger partial charge in [0.15, 0.2) is 0 Å². The Hall–Kier alpha value is -3.18. The van der Waals surface area contributed by atoms with Crippen LogP contribution in [0, 0.1) is 13.8 Å². The number of aryl methyl sites for hydroxylation is 2. The lowest BCUT2D eigenvalue weighted by Gasteiger charge is -2.40. The largest absolute Gasteiger partial charge is 0.497 e. The van der Waals surface area contributed by atoms with E-state index in [9.17, 15) is 0 Å². The predicted molar refractivity (Wildman–Crippen MR) is 134 cm³/mol. The monoisotopic (exact) mass is 446 g/mol. The van der Waals surface area contributed by atoms with E-state index in [2.05, 4.69) is 60.0 Å². The minimum Gasteiger partial charge on any atom is -0.497 e. The number of rotatable bonds is 9. The Kier molecular flexibility index (Phi) is 7.74. The van der Waals surface area contributed by atoms with Crippen molar-refractivity contribution in [1.29, 1.82) is 0 Å². The second kappa shape index (κ2) is 11.1. The van der Waals surface area contributed by atoms with Crippen LogP contribution in [0.2, 0.25) is 0 Å². The molecule has 0 aliphatic carbocycles. The minimum absolute atomic E-state index is 0.172. The van der Waals surface area contributed by atoms with Gasteiger partial charge >= 0.3 is 0 Å². The number of hydrogen-bond acceptors (Lipinski definition) is 5. The highest BCUT2D eigenvalue weighted by Crippen LogP contribution is 2.22. The molecule has 0 amide bonds. The van der Waals surface area contributed by atoms with Crippen LogP contribution in [0.25, 0.3) is 0 Å². The van der Waals surface area contributed by atoms with Crippen LogP contribution in [0.3, 0.4) is 0 Å². The second-order valence-electron chi connectivity index (χ2n) is 8.62. The molecule has 1 heterocycles. The topological polar surface area (TPSA) is 34.2 Å². The number of benzene rings is 3. The lowest BCUT2D eigenvalue weighted by Crippen LogP contribution is -2.53. The Morgan fingerprint density at radius 3 is 1.55 bits per heavy atom. The van der Waals surface area contributed by atoms with Crippen molar-refractivity contribution in [3.05, 3.63) is 83.9 Å². The number of ether oxygens (including phenoxy) is 3. The van der Waals surface area contributed by atoms with Crippen molar-refractivity contribution in [2.45, 2.75) is 19.9 Å². The number of piperazine rings is 1. The van der Waals surface area contributed by atoms with Crippen molar-refractivity contribution in [1.82, 2.24) is 4.90 Å². The molecule has 174 valence electrons. The van der Waals surface area contributed by atoms with Crippen LogP contribution < -0.4 is 19.1 Å². The van der Waals surface area contributed by atoms with Crippen LogP contribution in [0.1, 0.15) is 11.1 Å². The molecule has 1 aliphatic heterocycles. The molecular weight excluding hydrogens is 412 g/mol. The molecule has 0 atom stereocenters. The lowest BCUT2D eigenvalue weighted by atomic mass is 10.2. The SMILES string of the molecule is COc1ccc(N2CCN(C(COc3ccc(C)cc3)COc3ccc(C)cc3)CC2)cc1. The summed E-state index contributed by atoms with van der Waals surface area (Å²) in [5.74, 6) is 2.69. The highest BCUT2D eigenvalue weighted by molar-refractivity contribution is 5.49. The molecule has 0 N–H and O–H groups in total. The Bertz CT molecular complexity index is 930. The van der Waals surface area contributed by atoms with Crippen molar-refractivity contribution in [3.63, 3.8) is 0 Å². The van der Waals surface area contributed by atoms with Crippen LogP contribution in [0.15, 0.2) is 72.8 Å². The van der Waals surface area contributed by atoms with Crippen molar-refractivity contribution in [2.75, 3.05) is 51.4 Å². The fraction of sp³-hybridized carbons (Fsp3) is 0.357. The smallest absolute Gasteiger partial charge is 0.119 e. The molecule has 0 saturated carbocycles. The van der Waals surface area contributed by atoms with Crippen molar-refractivity contribution in [2.24, 2.45) is 0 Å². The van der Waals surface area contributed by atoms with Gasteiger partial charge < -0.3 is 19.1 Å². The summed E-state index contributed by atoms with van der Waals surface area (Å²) < 4.78 is 17.6. The fourth-order valence-corrected chi connectivity index (χ4v) is 4.05. The van der Waals surface area contributed by atoms with Crippen LogP contribution in [0.4, 0.5) is 5.69 Å². The van der Waals surface area contributed by atoms with E-state index in [1.165, 1.54) is 16.8 Å². The van der Waals surface area contributed by atoms with Gasteiger partial charge in [0, 0.05) is 31.9 Å². The van der Waals surface area contributed by atoms with E-state index >= 15 is 0 Å². The Morgan fingerprint density at radius 1 is 0.636 bits per heavy atom. The number of nitrogens with zero attached hydrogens (tertiary/aromatic N) is 2. The van der Waals surface area contributed by atoms with Gasteiger partial charge in [0.05, 0.1) is 13.2 Å². The van der Waals surface area contributed by atoms with Crippen LogP contribution in [-0.4, -0.2) is 57.4 Å². The predicted octanol–water partition coefficient (Wildman–Crippen LogP) is 4.96. The van der Waals surface area contributed by atoms with E-state index in [0.29, 0.717) is 13.2 Å². The third-order valence-electron chi connectivity index (χ3n) is 6.19. The molecule has 1 fully saturated rings. The molecule has 4 rings (SSSR count). The normalized spacial score (nSPS) is 14.4. The summed E-state index contributed by atoms with van der Waals surface area (Å²) >= 11 is 0. The maximum atomic E-state index is 6.17. The zero-order chi connectivity index (χ0) is 23.0. The van der Waals surface area contributed by atoms with Gasteiger partial charge in [-0.25, -0.2) is 0 Å². The first-order valence-electron chi connectivity index (χ1n) is 11.6. The molecule has 3 aromatic rings. The molecular formula is C28H34N2O3. The summed E-state index contributed by atoms with van der Waals surface area (Å²) in [4.78, 5) is 4.91. The van der Waals surface area contributed by atoms with Gasteiger partial charge in [-0.15, -0.1) is 0 Å². The van der Waals surface area contributed by atoms with Crippen LogP contribution in [-0.2, 0) is 0 Å². The van der Waals surface area contributed by atoms with E-state index in [0.717, 1.165) is 43.4 Å². The van der Waals surface area contributed by atoms with Crippen molar-refractivity contribution >= 4 is 5.69 Å². The van der Waals surface area contributed by atoms with Gasteiger partial charge in [-0.05, 0) is 62.4 Å². The Labute approximate surface area is 197 Å². The quantitative estimate of drug-likeness (QED) is 0.464. The molecule has 5 nitrogen and oxygen atoms in total. The van der Waals surface area contributed by atoms with E-state index < -0.39 is 0 Å². The highest BCUT2D eigenvalue weighted by atomic mass is 16.5. The van der Waals surface area contributed by atoms with E-state index in [1.807, 2.05) is 36.4 Å². The van der Waals surface area contributed by atoms with Crippen molar-refractivity contribution < 1.29 is 14.2 Å². The number of hydrogen-bond donors (Lipinski definition) is 0. The number of methoxy groups -OCH3 is 1. The summed E-state index contributed by atoms with van der Waals surface area (Å²) in [5, 5.41) is 0. The first-order valence-corrected chi connectivity index (χ1v) is 11.6. The lowest BCUT2D eigenvalue weighted by molar-refractivity contribution is 0.0864. The molecule has 0 spiro atoms. The summed E-state index contributed by atoms with van der Waals surface area (Å²) in [5.41, 5.74) is 3.70. The summed E-state index contributed by atoms with van der Waals surface area (Å²) in [6, 6.07) is 25.0. The standard InChI is InChI=1S/C28H34N2O3/c1-22-4-10-27(11-5-22)32-20-25(21-33-28-12-6-23(2)7-13-28)30-18-16-29(17-19-30)24-8-14-26(31-3)15-9-24/h4-15,25H,16-21H2,1-3H3. The van der Waals surface area contributed by atoms with Gasteiger partial charge in [-0.1, -0.05) is 35.4 Å². The summed E-state index contributed by atoms with van der Waals surface area (Å²) in [7, 11) is 1.70. The van der Waals surface area contributed by atoms with E-state index in [-0.39, 0.29) is 6.04 Å². The van der Waals surface area contributed by atoms with E-state index in [1.54, 1.807) is 7.11 Å². The maximum absolute atomic E-state index is 6.17. The zero-order valence-electron chi connectivity index (χ0n) is 19.9. The molecule has 33 heavy (non-hydrogen) atoms. The average Bonchev–Trinajstić information content (AvgIpc) is 2.86. The molecule has 1 saturated heterocycles. The third-order valence-corrected chi connectivity index (χ3v) is 6.19. The van der Waals surface area contributed by atoms with Gasteiger partial charge in [-0.3, -0.25) is 4.90 Å². The first-order chi connectivity index (χ1) is 16.1. The first kappa shape index (κ1) is 23.0. The molecule has 0 bridgehead atoms. The van der Waals surface area contributed by atoms with Gasteiger partial charge in [0.2, 0.25) is 0 Å². The molecule has 0 aromatic heterocycles. The van der Waals surface area contributed by atoms with Gasteiger partial charge in [-0.2, -0.15) is 0 Å². The van der Waals surface area contributed by atoms with Gasteiger partial charge in [0.1, 0.15) is 30.5 Å². The molecule has 5 heteroatoms. The summed E-state index contributed by atoms with van der Waals surface area (Å²) in [6.07, 6.45) is 0. The maximum Gasteiger partial charge on any atom is 0.119 e. The van der Waals surface area contributed by atoms with Crippen LogP contribution >= 0.6 is 0 Å². The molecule has 3 aromatic carbocycles. The second-order valence-corrected chi connectivity index (χ2v) is 8.62. The third kappa shape index (κ3) is 6.42. The van der Waals surface area contributed by atoms with Crippen LogP contribution in [0.5, 0.6) is 17.2 Å². The molecule has 1 aliphatic rings. The van der Waals surface area contributed by atoms with Crippen molar-refractivity contribution in [3.8, 4) is 17.2 Å². The Balaban J connectivity index is 1.38. The highest BCUT2D eigenvalue weighted by Gasteiger charge is 2.25. The molecule has 0 unspecified atom stereocenters. The summed E-state index contributed by atoms with van der Waals surface area (Å²) in [6.45, 7) is 9.23.